The van der Waals surface area contributed by atoms with Crippen LogP contribution in [0.5, 0.6) is 5.75 Å². The number of piperazine rings is 1. The summed E-state index contributed by atoms with van der Waals surface area (Å²) in [4.78, 5) is 15.6. The van der Waals surface area contributed by atoms with Crippen molar-refractivity contribution in [3.63, 3.8) is 0 Å². The number of rotatable bonds is 3. The van der Waals surface area contributed by atoms with Crippen LogP contribution in [0.15, 0.2) is 36.4 Å². The predicted molar refractivity (Wildman–Crippen MR) is 103 cm³/mol. The number of fused-ring (bicyclic) bond motifs is 2. The Morgan fingerprint density at radius 3 is 2.73 bits per heavy atom. The Morgan fingerprint density at radius 1 is 1.00 bits per heavy atom. The zero-order valence-corrected chi connectivity index (χ0v) is 15.5. The quantitative estimate of drug-likeness (QED) is 0.770. The van der Waals surface area contributed by atoms with Crippen molar-refractivity contribution in [2.45, 2.75) is 18.8 Å². The van der Waals surface area contributed by atoms with Gasteiger partial charge in [-0.3, -0.25) is 4.90 Å². The fourth-order valence-corrected chi connectivity index (χ4v) is 4.73. The average molecular weight is 371 g/mol. The molecule has 2 aromatic carbocycles. The molecular weight excluding hydrogens is 348 g/mol. The van der Waals surface area contributed by atoms with Crippen molar-refractivity contribution in [1.82, 2.24) is 4.90 Å². The van der Waals surface area contributed by atoms with Gasteiger partial charge >= 0.3 is 0 Å². The van der Waals surface area contributed by atoms with Gasteiger partial charge in [0.25, 0.3) is 0 Å². The third-order valence-electron chi connectivity index (χ3n) is 5.93. The number of nitrogens with zero attached hydrogens (tertiary/aromatic N) is 2. The van der Waals surface area contributed by atoms with Gasteiger partial charge in [-0.1, -0.05) is 29.8 Å². The molecule has 2 heterocycles. The average Bonchev–Trinajstić information content (AvgIpc) is 2.67. The molecule has 3 aliphatic rings. The van der Waals surface area contributed by atoms with Crippen molar-refractivity contribution in [3.8, 4) is 5.75 Å². The molecule has 1 atom stereocenters. The summed E-state index contributed by atoms with van der Waals surface area (Å²) in [5.41, 5.74) is 5.41. The molecule has 1 fully saturated rings. The Bertz CT molecular complexity index is 818. The molecule has 1 unspecified atom stereocenters. The zero-order valence-electron chi connectivity index (χ0n) is 14.8. The molecule has 0 radical (unpaired) electrons. The molecular formula is C21H23ClN2O2. The third-order valence-corrected chi connectivity index (χ3v) is 6.28. The summed E-state index contributed by atoms with van der Waals surface area (Å²) in [6.07, 6.45) is 2.05. The van der Waals surface area contributed by atoms with Crippen molar-refractivity contribution >= 4 is 17.3 Å². The van der Waals surface area contributed by atoms with Crippen molar-refractivity contribution in [1.29, 1.82) is 0 Å². The predicted octanol–water partition coefficient (Wildman–Crippen LogP) is 3.67. The molecule has 1 aliphatic carbocycles. The minimum absolute atomic E-state index is 0.633. The molecule has 2 aliphatic heterocycles. The fraction of sp³-hybridized carbons (Fsp3) is 0.429. The van der Waals surface area contributed by atoms with Crippen LogP contribution in [0.2, 0.25) is 5.02 Å². The van der Waals surface area contributed by atoms with Gasteiger partial charge in [0.2, 0.25) is 0 Å². The van der Waals surface area contributed by atoms with Crippen LogP contribution in [0, 0.1) is 0 Å². The number of benzene rings is 2. The standard InChI is InChI=1S/C21H23ClN2O2/c22-19-4-1-3-16-15(13-18(16)19)14-23-8-10-24(11-9-23)20-5-2-6-21-17(20)7-12-25-26-21/h1-6,15H,7-14H2. The van der Waals surface area contributed by atoms with Gasteiger partial charge in [0.05, 0.1) is 6.61 Å². The molecule has 5 heteroatoms. The number of halogens is 1. The van der Waals surface area contributed by atoms with E-state index in [4.69, 9.17) is 21.4 Å². The molecule has 136 valence electrons. The van der Waals surface area contributed by atoms with Crippen LogP contribution in [-0.4, -0.2) is 44.2 Å². The van der Waals surface area contributed by atoms with E-state index in [1.807, 2.05) is 12.1 Å². The lowest BCUT2D eigenvalue weighted by molar-refractivity contribution is -0.215. The Labute approximate surface area is 159 Å². The van der Waals surface area contributed by atoms with E-state index in [0.717, 1.165) is 56.3 Å². The van der Waals surface area contributed by atoms with Crippen LogP contribution in [0.1, 0.15) is 22.6 Å². The highest BCUT2D eigenvalue weighted by atomic mass is 35.5. The maximum Gasteiger partial charge on any atom is 0.170 e. The molecule has 0 spiro atoms. The Balaban J connectivity index is 1.22. The molecule has 0 amide bonds. The molecule has 5 rings (SSSR count). The monoisotopic (exact) mass is 370 g/mol. The summed E-state index contributed by atoms with van der Waals surface area (Å²) < 4.78 is 0. The Morgan fingerprint density at radius 2 is 1.85 bits per heavy atom. The summed E-state index contributed by atoms with van der Waals surface area (Å²) in [5, 5.41) is 0.934. The smallest absolute Gasteiger partial charge is 0.170 e. The van der Waals surface area contributed by atoms with Crippen LogP contribution < -0.4 is 9.79 Å². The van der Waals surface area contributed by atoms with E-state index in [2.05, 4.69) is 34.1 Å². The minimum Gasteiger partial charge on any atom is -0.369 e. The van der Waals surface area contributed by atoms with Gasteiger partial charge in [0, 0.05) is 61.3 Å². The second-order valence-corrected chi connectivity index (χ2v) is 7.81. The summed E-state index contributed by atoms with van der Waals surface area (Å²) in [5.74, 6) is 1.52. The van der Waals surface area contributed by atoms with E-state index < -0.39 is 0 Å². The van der Waals surface area contributed by atoms with Crippen molar-refractivity contribution in [2.75, 3.05) is 44.2 Å². The maximum absolute atomic E-state index is 6.28. The van der Waals surface area contributed by atoms with Crippen molar-refractivity contribution < 1.29 is 9.78 Å². The van der Waals surface area contributed by atoms with Gasteiger partial charge in [-0.25, -0.2) is 0 Å². The van der Waals surface area contributed by atoms with E-state index in [1.54, 1.807) is 0 Å². The van der Waals surface area contributed by atoms with Crippen LogP contribution >= 0.6 is 11.6 Å². The molecule has 1 saturated heterocycles. The molecule has 0 saturated carbocycles. The highest BCUT2D eigenvalue weighted by Crippen LogP contribution is 2.40. The first-order valence-electron chi connectivity index (χ1n) is 9.45. The van der Waals surface area contributed by atoms with E-state index in [0.29, 0.717) is 12.5 Å². The minimum atomic E-state index is 0.633. The highest BCUT2D eigenvalue weighted by molar-refractivity contribution is 6.31. The van der Waals surface area contributed by atoms with Crippen molar-refractivity contribution in [2.24, 2.45) is 0 Å². The van der Waals surface area contributed by atoms with Crippen LogP contribution in [0.4, 0.5) is 5.69 Å². The molecule has 26 heavy (non-hydrogen) atoms. The van der Waals surface area contributed by atoms with Crippen LogP contribution in [0.25, 0.3) is 0 Å². The van der Waals surface area contributed by atoms with Gasteiger partial charge in [0.1, 0.15) is 0 Å². The fourth-order valence-electron chi connectivity index (χ4n) is 4.47. The highest BCUT2D eigenvalue weighted by Gasteiger charge is 2.31. The topological polar surface area (TPSA) is 24.9 Å². The molecule has 0 aromatic heterocycles. The maximum atomic E-state index is 6.28. The van der Waals surface area contributed by atoms with Crippen molar-refractivity contribution in [3.05, 3.63) is 58.1 Å². The summed E-state index contributed by atoms with van der Waals surface area (Å²) in [6, 6.07) is 12.6. The van der Waals surface area contributed by atoms with E-state index in [9.17, 15) is 0 Å². The normalized spacial score (nSPS) is 22.2. The number of hydrogen-bond acceptors (Lipinski definition) is 4. The summed E-state index contributed by atoms with van der Waals surface area (Å²) in [6.45, 7) is 6.11. The second-order valence-electron chi connectivity index (χ2n) is 7.41. The van der Waals surface area contributed by atoms with E-state index in [-0.39, 0.29) is 0 Å². The lowest BCUT2D eigenvalue weighted by atomic mass is 9.77. The zero-order chi connectivity index (χ0) is 17.5. The lowest BCUT2D eigenvalue weighted by Crippen LogP contribution is -2.48. The van der Waals surface area contributed by atoms with E-state index >= 15 is 0 Å². The van der Waals surface area contributed by atoms with Gasteiger partial charge < -0.3 is 9.79 Å². The molecule has 0 bridgehead atoms. The van der Waals surface area contributed by atoms with Gasteiger partial charge in [-0.15, -0.1) is 0 Å². The van der Waals surface area contributed by atoms with Gasteiger partial charge in [-0.05, 0) is 35.7 Å². The number of hydrogen-bond donors (Lipinski definition) is 0. The Kier molecular flexibility index (Phi) is 4.27. The molecule has 4 nitrogen and oxygen atoms in total. The summed E-state index contributed by atoms with van der Waals surface area (Å²) in [7, 11) is 0. The molecule has 0 N–H and O–H groups in total. The summed E-state index contributed by atoms with van der Waals surface area (Å²) >= 11 is 6.28. The first-order valence-corrected chi connectivity index (χ1v) is 9.83. The van der Waals surface area contributed by atoms with Gasteiger partial charge in [-0.2, -0.15) is 4.89 Å². The molecule has 2 aromatic rings. The lowest BCUT2D eigenvalue weighted by Gasteiger charge is -2.41. The Hall–Kier alpha value is -1.75. The SMILES string of the molecule is Clc1cccc2c1CC2CN1CCN(c2cccc3c2CCOO3)CC1. The van der Waals surface area contributed by atoms with E-state index in [1.165, 1.54) is 22.4 Å². The first kappa shape index (κ1) is 16.4. The van der Waals surface area contributed by atoms with Crippen LogP contribution in [0.3, 0.4) is 0 Å². The largest absolute Gasteiger partial charge is 0.369 e. The number of anilines is 1. The van der Waals surface area contributed by atoms with Crippen LogP contribution in [-0.2, 0) is 17.7 Å². The third kappa shape index (κ3) is 2.86. The van der Waals surface area contributed by atoms with Gasteiger partial charge in [0.15, 0.2) is 5.75 Å². The second kappa shape index (κ2) is 6.76. The first-order chi connectivity index (χ1) is 12.8.